The molecule has 2 aromatic carbocycles. The largest absolute Gasteiger partial charge is 0.508 e. The second-order valence-electron chi connectivity index (χ2n) is 3.71. The number of anilines is 1. The Hall–Kier alpha value is -2.53. The number of phenolic OH excluding ortho intramolecular Hbond substituents is 2. The summed E-state index contributed by atoms with van der Waals surface area (Å²) in [5, 5.41) is 19.8. The van der Waals surface area contributed by atoms with E-state index in [1.165, 1.54) is 18.2 Å². The molecule has 0 aliphatic heterocycles. The van der Waals surface area contributed by atoms with E-state index >= 15 is 0 Å². The minimum Gasteiger partial charge on any atom is -0.508 e. The van der Waals surface area contributed by atoms with Gasteiger partial charge in [0.25, 0.3) is 5.91 Å². The molecule has 0 heterocycles. The van der Waals surface area contributed by atoms with Gasteiger partial charge in [-0.3, -0.25) is 4.79 Å². The minimum atomic E-state index is -0.602. The monoisotopic (exact) mass is 244 g/mol. The maximum Gasteiger partial charge on any atom is 0.276 e. The first-order valence-electron chi connectivity index (χ1n) is 5.26. The van der Waals surface area contributed by atoms with Gasteiger partial charge in [-0.05, 0) is 30.3 Å². The number of nitrogens with zero attached hydrogens (tertiary/aromatic N) is 1. The van der Waals surface area contributed by atoms with Gasteiger partial charge in [0.2, 0.25) is 0 Å². The molecule has 2 aromatic rings. The molecule has 0 bridgehead atoms. The standard InChI is InChI=1S/C13H12N2O3/c14-15(9-4-2-1-3-5-9)13(18)11-8-10(16)6-7-12(11)17/h1-8,16-17H,14H2. The highest BCUT2D eigenvalue weighted by Crippen LogP contribution is 2.24. The van der Waals surface area contributed by atoms with Crippen molar-refractivity contribution in [2.24, 2.45) is 5.84 Å². The molecule has 0 fully saturated rings. The Morgan fingerprint density at radius 2 is 1.72 bits per heavy atom. The molecule has 0 saturated carbocycles. The van der Waals surface area contributed by atoms with Crippen molar-refractivity contribution < 1.29 is 15.0 Å². The zero-order valence-corrected chi connectivity index (χ0v) is 9.45. The molecule has 0 atom stereocenters. The van der Waals surface area contributed by atoms with Crippen LogP contribution in [0.5, 0.6) is 11.5 Å². The number of para-hydroxylation sites is 1. The zero-order valence-electron chi connectivity index (χ0n) is 9.45. The summed E-state index contributed by atoms with van der Waals surface area (Å²) in [6, 6.07) is 12.3. The highest BCUT2D eigenvalue weighted by atomic mass is 16.3. The predicted octanol–water partition coefficient (Wildman–Crippen LogP) is 1.62. The van der Waals surface area contributed by atoms with Crippen molar-refractivity contribution in [3.05, 3.63) is 54.1 Å². The van der Waals surface area contributed by atoms with Crippen LogP contribution in [0.15, 0.2) is 48.5 Å². The Labute approximate surface area is 104 Å². The van der Waals surface area contributed by atoms with E-state index in [1.54, 1.807) is 30.3 Å². The van der Waals surface area contributed by atoms with Crippen molar-refractivity contribution in [1.29, 1.82) is 0 Å². The molecule has 0 aliphatic carbocycles. The van der Waals surface area contributed by atoms with Gasteiger partial charge in [-0.2, -0.15) is 0 Å². The van der Waals surface area contributed by atoms with E-state index in [1.807, 2.05) is 0 Å². The first kappa shape index (κ1) is 11.9. The van der Waals surface area contributed by atoms with Gasteiger partial charge in [0, 0.05) is 0 Å². The van der Waals surface area contributed by atoms with Crippen LogP contribution in [0.2, 0.25) is 0 Å². The quantitative estimate of drug-likeness (QED) is 0.324. The highest BCUT2D eigenvalue weighted by molar-refractivity contribution is 6.07. The van der Waals surface area contributed by atoms with Crippen molar-refractivity contribution in [1.82, 2.24) is 0 Å². The SMILES string of the molecule is NN(C(=O)c1cc(O)ccc1O)c1ccccc1. The fourth-order valence-electron chi connectivity index (χ4n) is 1.53. The Morgan fingerprint density at radius 1 is 1.06 bits per heavy atom. The van der Waals surface area contributed by atoms with Gasteiger partial charge in [-0.1, -0.05) is 18.2 Å². The maximum atomic E-state index is 12.0. The van der Waals surface area contributed by atoms with E-state index in [9.17, 15) is 15.0 Å². The van der Waals surface area contributed by atoms with Gasteiger partial charge in [0.1, 0.15) is 11.5 Å². The van der Waals surface area contributed by atoms with E-state index in [0.717, 1.165) is 5.01 Å². The van der Waals surface area contributed by atoms with Crippen molar-refractivity contribution in [3.8, 4) is 11.5 Å². The molecular weight excluding hydrogens is 232 g/mol. The molecule has 0 saturated heterocycles. The van der Waals surface area contributed by atoms with E-state index in [4.69, 9.17) is 5.84 Å². The average molecular weight is 244 g/mol. The van der Waals surface area contributed by atoms with Crippen LogP contribution in [-0.4, -0.2) is 16.1 Å². The molecule has 5 heteroatoms. The first-order valence-corrected chi connectivity index (χ1v) is 5.26. The second kappa shape index (κ2) is 4.77. The third-order valence-electron chi connectivity index (χ3n) is 2.46. The molecule has 0 radical (unpaired) electrons. The predicted molar refractivity (Wildman–Crippen MR) is 67.2 cm³/mol. The summed E-state index contributed by atoms with van der Waals surface area (Å²) in [6.45, 7) is 0. The molecule has 92 valence electrons. The topological polar surface area (TPSA) is 86.8 Å². The van der Waals surface area contributed by atoms with Crippen LogP contribution in [0.4, 0.5) is 5.69 Å². The highest BCUT2D eigenvalue weighted by Gasteiger charge is 2.18. The Kier molecular flexibility index (Phi) is 3.16. The van der Waals surface area contributed by atoms with Gasteiger partial charge in [0.15, 0.2) is 0 Å². The van der Waals surface area contributed by atoms with Crippen molar-refractivity contribution in [2.45, 2.75) is 0 Å². The number of hydrogen-bond donors (Lipinski definition) is 3. The van der Waals surface area contributed by atoms with Crippen molar-refractivity contribution in [3.63, 3.8) is 0 Å². The van der Waals surface area contributed by atoms with Gasteiger partial charge in [0.05, 0.1) is 11.3 Å². The normalized spacial score (nSPS) is 10.1. The third kappa shape index (κ3) is 2.26. The number of carbonyl (C=O) groups is 1. The Balaban J connectivity index is 2.34. The number of amides is 1. The summed E-state index contributed by atoms with van der Waals surface area (Å²) < 4.78 is 0. The van der Waals surface area contributed by atoms with Crippen LogP contribution in [-0.2, 0) is 0 Å². The lowest BCUT2D eigenvalue weighted by Gasteiger charge is -2.17. The molecule has 5 nitrogen and oxygen atoms in total. The van der Waals surface area contributed by atoms with E-state index in [0.29, 0.717) is 5.69 Å². The van der Waals surface area contributed by atoms with E-state index < -0.39 is 5.91 Å². The smallest absolute Gasteiger partial charge is 0.276 e. The molecule has 2 rings (SSSR count). The van der Waals surface area contributed by atoms with Crippen LogP contribution in [0.1, 0.15) is 10.4 Å². The van der Waals surface area contributed by atoms with Gasteiger partial charge < -0.3 is 10.2 Å². The molecule has 1 amide bonds. The number of carbonyl (C=O) groups excluding carboxylic acids is 1. The number of phenols is 2. The van der Waals surface area contributed by atoms with Gasteiger partial charge in [-0.15, -0.1) is 0 Å². The molecule has 0 unspecified atom stereocenters. The number of nitrogens with two attached hydrogens (primary N) is 1. The number of hydrogen-bond acceptors (Lipinski definition) is 4. The third-order valence-corrected chi connectivity index (χ3v) is 2.46. The van der Waals surface area contributed by atoms with Crippen molar-refractivity contribution >= 4 is 11.6 Å². The molecule has 0 spiro atoms. The van der Waals surface area contributed by atoms with Crippen LogP contribution in [0.3, 0.4) is 0 Å². The van der Waals surface area contributed by atoms with Crippen molar-refractivity contribution in [2.75, 3.05) is 5.01 Å². The number of benzene rings is 2. The lowest BCUT2D eigenvalue weighted by Crippen LogP contribution is -2.37. The molecule has 18 heavy (non-hydrogen) atoms. The summed E-state index contributed by atoms with van der Waals surface area (Å²) in [4.78, 5) is 12.0. The number of aromatic hydroxyl groups is 2. The number of hydrazine groups is 1. The van der Waals surface area contributed by atoms with Gasteiger partial charge >= 0.3 is 0 Å². The fourth-order valence-corrected chi connectivity index (χ4v) is 1.53. The Morgan fingerprint density at radius 3 is 2.39 bits per heavy atom. The fraction of sp³-hybridized carbons (Fsp3) is 0. The molecular formula is C13H12N2O3. The summed E-state index contributed by atoms with van der Waals surface area (Å²) in [7, 11) is 0. The molecule has 0 aromatic heterocycles. The van der Waals surface area contributed by atoms with Crippen LogP contribution in [0, 0.1) is 0 Å². The lowest BCUT2D eigenvalue weighted by atomic mass is 10.1. The summed E-state index contributed by atoms with van der Waals surface area (Å²) in [5.74, 6) is 4.73. The maximum absolute atomic E-state index is 12.0. The second-order valence-corrected chi connectivity index (χ2v) is 3.71. The summed E-state index contributed by atoms with van der Waals surface area (Å²) >= 11 is 0. The van der Waals surface area contributed by atoms with Crippen LogP contribution in [0.25, 0.3) is 0 Å². The van der Waals surface area contributed by atoms with Gasteiger partial charge in [-0.25, -0.2) is 10.9 Å². The molecule has 0 aliphatic rings. The van der Waals surface area contributed by atoms with E-state index in [-0.39, 0.29) is 17.1 Å². The zero-order chi connectivity index (χ0) is 13.1. The lowest BCUT2D eigenvalue weighted by molar-refractivity contribution is 0.0984. The van der Waals surface area contributed by atoms with E-state index in [2.05, 4.69) is 0 Å². The van der Waals surface area contributed by atoms with Crippen LogP contribution < -0.4 is 10.9 Å². The van der Waals surface area contributed by atoms with Crippen LogP contribution >= 0.6 is 0 Å². The average Bonchev–Trinajstić information content (AvgIpc) is 2.41. The first-order chi connectivity index (χ1) is 8.59. The summed E-state index contributed by atoms with van der Waals surface area (Å²) in [5.41, 5.74) is 0.437. The minimum absolute atomic E-state index is 0.0543. The number of rotatable bonds is 2. The molecule has 4 N–H and O–H groups in total. The Bertz CT molecular complexity index is 570. The summed E-state index contributed by atoms with van der Waals surface area (Å²) in [6.07, 6.45) is 0.